The van der Waals surface area contributed by atoms with E-state index in [1.54, 1.807) is 17.8 Å². The van der Waals surface area contributed by atoms with Crippen LogP contribution in [0.2, 0.25) is 0 Å². The third-order valence-corrected chi connectivity index (χ3v) is 4.43. The molecule has 0 amide bonds. The van der Waals surface area contributed by atoms with Crippen molar-refractivity contribution < 1.29 is 4.39 Å². The standard InChI is InChI=1S/C14H16FN3S/c1-9-16-7-11(18-9)8-17-13-4-5-19-14-3-2-10(15)6-12(13)14/h2-3,6-7,13,17H,4-5,8H2,1H3,(H,16,18). The van der Waals surface area contributed by atoms with Crippen LogP contribution in [0.25, 0.3) is 0 Å². The Morgan fingerprint density at radius 2 is 2.42 bits per heavy atom. The number of hydrogen-bond acceptors (Lipinski definition) is 3. The van der Waals surface area contributed by atoms with Gasteiger partial charge in [-0.2, -0.15) is 0 Å². The number of aryl methyl sites for hydroxylation is 1. The van der Waals surface area contributed by atoms with Gasteiger partial charge in [-0.3, -0.25) is 0 Å². The zero-order valence-corrected chi connectivity index (χ0v) is 11.6. The number of hydrogen-bond donors (Lipinski definition) is 2. The van der Waals surface area contributed by atoms with Crippen molar-refractivity contribution in [3.63, 3.8) is 0 Å². The van der Waals surface area contributed by atoms with Crippen molar-refractivity contribution in [3.8, 4) is 0 Å². The van der Waals surface area contributed by atoms with Crippen LogP contribution in [-0.2, 0) is 6.54 Å². The van der Waals surface area contributed by atoms with Gasteiger partial charge in [0.05, 0.1) is 0 Å². The van der Waals surface area contributed by atoms with E-state index in [9.17, 15) is 4.39 Å². The number of nitrogens with one attached hydrogen (secondary N) is 2. The summed E-state index contributed by atoms with van der Waals surface area (Å²) in [5.74, 6) is 1.83. The molecule has 2 N–H and O–H groups in total. The van der Waals surface area contributed by atoms with Gasteiger partial charge in [0, 0.05) is 29.4 Å². The summed E-state index contributed by atoms with van der Waals surface area (Å²) >= 11 is 1.80. The van der Waals surface area contributed by atoms with E-state index in [-0.39, 0.29) is 11.9 Å². The van der Waals surface area contributed by atoms with Crippen LogP contribution in [0.15, 0.2) is 29.3 Å². The van der Waals surface area contributed by atoms with E-state index in [0.717, 1.165) is 35.8 Å². The summed E-state index contributed by atoms with van der Waals surface area (Å²) in [7, 11) is 0. The minimum absolute atomic E-state index is 0.162. The van der Waals surface area contributed by atoms with Gasteiger partial charge in [0.1, 0.15) is 11.6 Å². The fourth-order valence-corrected chi connectivity index (χ4v) is 3.48. The average Bonchev–Trinajstić information content (AvgIpc) is 2.82. The molecule has 5 heteroatoms. The number of aromatic nitrogens is 2. The lowest BCUT2D eigenvalue weighted by atomic mass is 10.0. The van der Waals surface area contributed by atoms with Crippen molar-refractivity contribution in [1.29, 1.82) is 0 Å². The van der Waals surface area contributed by atoms with Gasteiger partial charge in [0.2, 0.25) is 0 Å². The van der Waals surface area contributed by atoms with Crippen LogP contribution in [0.5, 0.6) is 0 Å². The van der Waals surface area contributed by atoms with E-state index >= 15 is 0 Å². The Balaban J connectivity index is 1.74. The minimum Gasteiger partial charge on any atom is -0.345 e. The van der Waals surface area contributed by atoms with E-state index in [1.807, 2.05) is 19.2 Å². The number of nitrogens with zero attached hydrogens (tertiary/aromatic N) is 1. The summed E-state index contributed by atoms with van der Waals surface area (Å²) in [6.45, 7) is 2.66. The molecule has 19 heavy (non-hydrogen) atoms. The van der Waals surface area contributed by atoms with Crippen LogP contribution in [0.4, 0.5) is 4.39 Å². The molecule has 1 unspecified atom stereocenters. The lowest BCUT2D eigenvalue weighted by Gasteiger charge is -2.25. The molecule has 0 spiro atoms. The Kier molecular flexibility index (Phi) is 3.57. The Hall–Kier alpha value is -1.33. The lowest BCUT2D eigenvalue weighted by molar-refractivity contribution is 0.501. The first kappa shape index (κ1) is 12.7. The summed E-state index contributed by atoms with van der Waals surface area (Å²) in [6, 6.07) is 5.28. The molecule has 0 radical (unpaired) electrons. The van der Waals surface area contributed by atoms with E-state index in [1.165, 1.54) is 11.0 Å². The second kappa shape index (κ2) is 5.35. The Labute approximate surface area is 116 Å². The number of rotatable bonds is 3. The van der Waals surface area contributed by atoms with Crippen molar-refractivity contribution in [2.24, 2.45) is 0 Å². The quantitative estimate of drug-likeness (QED) is 0.905. The van der Waals surface area contributed by atoms with Gasteiger partial charge < -0.3 is 10.3 Å². The van der Waals surface area contributed by atoms with Crippen molar-refractivity contribution in [2.45, 2.75) is 30.8 Å². The molecule has 1 aromatic carbocycles. The van der Waals surface area contributed by atoms with E-state index in [4.69, 9.17) is 0 Å². The molecule has 0 fully saturated rings. The molecule has 0 saturated carbocycles. The van der Waals surface area contributed by atoms with Crippen molar-refractivity contribution >= 4 is 11.8 Å². The predicted molar refractivity (Wildman–Crippen MR) is 74.6 cm³/mol. The molecule has 0 bridgehead atoms. The summed E-state index contributed by atoms with van der Waals surface area (Å²) in [5.41, 5.74) is 2.14. The first-order valence-corrected chi connectivity index (χ1v) is 7.37. The number of imidazole rings is 1. The Morgan fingerprint density at radius 1 is 1.53 bits per heavy atom. The zero-order valence-electron chi connectivity index (χ0n) is 10.7. The zero-order chi connectivity index (χ0) is 13.2. The van der Waals surface area contributed by atoms with Crippen LogP contribution >= 0.6 is 11.8 Å². The van der Waals surface area contributed by atoms with E-state index in [0.29, 0.717) is 0 Å². The molecule has 0 aliphatic carbocycles. The van der Waals surface area contributed by atoms with Gasteiger partial charge in [-0.15, -0.1) is 11.8 Å². The summed E-state index contributed by atoms with van der Waals surface area (Å²) in [5, 5.41) is 3.48. The Morgan fingerprint density at radius 3 is 3.21 bits per heavy atom. The third-order valence-electron chi connectivity index (χ3n) is 3.31. The first-order chi connectivity index (χ1) is 9.22. The number of fused-ring (bicyclic) bond motifs is 1. The van der Waals surface area contributed by atoms with Crippen molar-refractivity contribution in [3.05, 3.63) is 47.3 Å². The molecule has 1 atom stereocenters. The largest absolute Gasteiger partial charge is 0.345 e. The van der Waals surface area contributed by atoms with Gasteiger partial charge in [-0.1, -0.05) is 0 Å². The fraction of sp³-hybridized carbons (Fsp3) is 0.357. The highest BCUT2D eigenvalue weighted by Crippen LogP contribution is 2.36. The molecule has 1 aromatic heterocycles. The maximum Gasteiger partial charge on any atom is 0.123 e. The molecule has 1 aliphatic heterocycles. The van der Waals surface area contributed by atoms with Crippen molar-refractivity contribution in [1.82, 2.24) is 15.3 Å². The number of halogens is 1. The predicted octanol–water partition coefficient (Wildman–Crippen LogP) is 3.18. The van der Waals surface area contributed by atoms with Crippen LogP contribution in [0.1, 0.15) is 29.5 Å². The summed E-state index contributed by atoms with van der Waals surface area (Å²) in [6.07, 6.45) is 2.86. The molecule has 3 rings (SSSR count). The van der Waals surface area contributed by atoms with E-state index in [2.05, 4.69) is 15.3 Å². The normalized spacial score (nSPS) is 18.3. The molecular weight excluding hydrogens is 261 g/mol. The number of benzene rings is 1. The molecular formula is C14H16FN3S. The van der Waals surface area contributed by atoms with Crippen LogP contribution in [-0.4, -0.2) is 15.7 Å². The third kappa shape index (κ3) is 2.82. The minimum atomic E-state index is -0.162. The number of H-pyrrole nitrogens is 1. The SMILES string of the molecule is Cc1ncc(CNC2CCSc3ccc(F)cc32)[nH]1. The number of thioether (sulfide) groups is 1. The highest BCUT2D eigenvalue weighted by Gasteiger charge is 2.20. The van der Waals surface area contributed by atoms with Crippen LogP contribution < -0.4 is 5.32 Å². The van der Waals surface area contributed by atoms with E-state index < -0.39 is 0 Å². The molecule has 3 nitrogen and oxygen atoms in total. The smallest absolute Gasteiger partial charge is 0.123 e. The second-order valence-electron chi connectivity index (χ2n) is 4.75. The monoisotopic (exact) mass is 277 g/mol. The molecule has 2 aromatic rings. The molecule has 1 aliphatic rings. The highest BCUT2D eigenvalue weighted by atomic mass is 32.2. The Bertz CT molecular complexity index is 582. The first-order valence-electron chi connectivity index (χ1n) is 6.38. The van der Waals surface area contributed by atoms with Gasteiger partial charge in [-0.25, -0.2) is 9.37 Å². The number of aromatic amines is 1. The summed E-state index contributed by atoms with van der Waals surface area (Å²) in [4.78, 5) is 8.56. The second-order valence-corrected chi connectivity index (χ2v) is 5.88. The van der Waals surface area contributed by atoms with Gasteiger partial charge >= 0.3 is 0 Å². The molecule has 100 valence electrons. The maximum absolute atomic E-state index is 13.4. The van der Waals surface area contributed by atoms with Gasteiger partial charge in [0.15, 0.2) is 0 Å². The maximum atomic E-state index is 13.4. The molecule has 0 saturated heterocycles. The highest BCUT2D eigenvalue weighted by molar-refractivity contribution is 7.99. The lowest BCUT2D eigenvalue weighted by Crippen LogP contribution is -2.24. The van der Waals surface area contributed by atoms with Gasteiger partial charge in [-0.05, 0) is 42.9 Å². The topological polar surface area (TPSA) is 40.7 Å². The van der Waals surface area contributed by atoms with Crippen LogP contribution in [0, 0.1) is 12.7 Å². The summed E-state index contributed by atoms with van der Waals surface area (Å²) < 4.78 is 13.4. The average molecular weight is 277 g/mol. The van der Waals surface area contributed by atoms with Crippen LogP contribution in [0.3, 0.4) is 0 Å². The molecule has 2 heterocycles. The van der Waals surface area contributed by atoms with Gasteiger partial charge in [0.25, 0.3) is 0 Å². The fourth-order valence-electron chi connectivity index (χ4n) is 2.37. The van der Waals surface area contributed by atoms with Crippen molar-refractivity contribution in [2.75, 3.05) is 5.75 Å².